The van der Waals surface area contributed by atoms with Crippen molar-refractivity contribution in [1.29, 1.82) is 0 Å². The molecule has 0 unspecified atom stereocenters. The largest absolute Gasteiger partial charge is 0.293 e. The van der Waals surface area contributed by atoms with Crippen molar-refractivity contribution in [3.05, 3.63) is 35.7 Å². The van der Waals surface area contributed by atoms with E-state index in [1.165, 1.54) is 0 Å². The van der Waals surface area contributed by atoms with Gasteiger partial charge in [0.2, 0.25) is 10.0 Å². The molecule has 2 heterocycles. The fraction of sp³-hybridized carbons (Fsp3) is 0.611. The zero-order chi connectivity index (χ0) is 19.4. The molecule has 0 atom stereocenters. The molecular formula is C18H28N6O2S. The van der Waals surface area contributed by atoms with Gasteiger partial charge in [0.1, 0.15) is 0 Å². The molecule has 0 spiro atoms. The Bertz CT molecular complexity index is 839. The van der Waals surface area contributed by atoms with Crippen molar-refractivity contribution in [2.45, 2.75) is 51.1 Å². The van der Waals surface area contributed by atoms with Gasteiger partial charge in [-0.1, -0.05) is 32.9 Å². The molecule has 1 aromatic heterocycles. The van der Waals surface area contributed by atoms with Gasteiger partial charge in [0.15, 0.2) is 5.82 Å². The second-order valence-electron chi connectivity index (χ2n) is 7.22. The van der Waals surface area contributed by atoms with Crippen LogP contribution in [0.15, 0.2) is 29.2 Å². The van der Waals surface area contributed by atoms with Crippen molar-refractivity contribution < 1.29 is 8.42 Å². The van der Waals surface area contributed by atoms with Crippen LogP contribution >= 0.6 is 0 Å². The monoisotopic (exact) mass is 392 g/mol. The number of benzene rings is 1. The summed E-state index contributed by atoms with van der Waals surface area (Å²) in [5.74, 6) is 1.21. The average Bonchev–Trinajstić information content (AvgIpc) is 3.09. The van der Waals surface area contributed by atoms with Crippen molar-refractivity contribution in [3.63, 3.8) is 0 Å². The predicted octanol–water partition coefficient (Wildman–Crippen LogP) is 1.71. The number of piperazine rings is 1. The first-order valence-electron chi connectivity index (χ1n) is 9.49. The van der Waals surface area contributed by atoms with E-state index >= 15 is 0 Å². The van der Waals surface area contributed by atoms with Gasteiger partial charge in [-0.25, -0.2) is 13.1 Å². The minimum Gasteiger partial charge on any atom is -0.293 e. The summed E-state index contributed by atoms with van der Waals surface area (Å²) in [6.45, 7) is 10.0. The highest BCUT2D eigenvalue weighted by molar-refractivity contribution is 7.89. The average molecular weight is 393 g/mol. The first-order chi connectivity index (χ1) is 12.9. The topological polar surface area (TPSA) is 84.2 Å². The third kappa shape index (κ3) is 4.53. The van der Waals surface area contributed by atoms with Gasteiger partial charge in [-0.15, -0.1) is 5.10 Å². The highest BCUT2D eigenvalue weighted by Gasteiger charge is 2.29. The van der Waals surface area contributed by atoms with Crippen LogP contribution in [0.5, 0.6) is 0 Å². The smallest absolute Gasteiger partial charge is 0.243 e. The molecule has 1 aromatic carbocycles. The maximum absolute atomic E-state index is 12.9. The predicted molar refractivity (Wildman–Crippen MR) is 103 cm³/mol. The van der Waals surface area contributed by atoms with Crippen molar-refractivity contribution >= 4 is 10.0 Å². The van der Waals surface area contributed by atoms with E-state index in [0.717, 1.165) is 24.4 Å². The summed E-state index contributed by atoms with van der Waals surface area (Å²) in [7, 11) is -3.45. The van der Waals surface area contributed by atoms with E-state index in [9.17, 15) is 8.42 Å². The van der Waals surface area contributed by atoms with Gasteiger partial charge in [0.25, 0.3) is 0 Å². The van der Waals surface area contributed by atoms with E-state index in [1.807, 2.05) is 16.8 Å². The van der Waals surface area contributed by atoms with Crippen LogP contribution in [0, 0.1) is 0 Å². The number of nitrogens with zero attached hydrogens (tertiary/aromatic N) is 6. The number of rotatable bonds is 7. The minimum atomic E-state index is -3.45. The Kier molecular flexibility index (Phi) is 6.23. The molecule has 2 aromatic rings. The van der Waals surface area contributed by atoms with Crippen LogP contribution in [-0.2, 0) is 23.1 Å². The highest BCUT2D eigenvalue weighted by atomic mass is 32.2. The lowest BCUT2D eigenvalue weighted by Gasteiger charge is -2.33. The Balaban J connectivity index is 1.61. The first-order valence-corrected chi connectivity index (χ1v) is 10.9. The van der Waals surface area contributed by atoms with Crippen molar-refractivity contribution in [3.8, 4) is 0 Å². The second-order valence-corrected chi connectivity index (χ2v) is 9.16. The van der Waals surface area contributed by atoms with Crippen LogP contribution in [0.2, 0.25) is 0 Å². The van der Waals surface area contributed by atoms with E-state index in [0.29, 0.717) is 43.5 Å². The van der Waals surface area contributed by atoms with Gasteiger partial charge in [0, 0.05) is 32.7 Å². The van der Waals surface area contributed by atoms with Gasteiger partial charge in [-0.05, 0) is 40.5 Å². The summed E-state index contributed by atoms with van der Waals surface area (Å²) in [6, 6.07) is 7.24. The fourth-order valence-electron chi connectivity index (χ4n) is 3.22. The summed E-state index contributed by atoms with van der Waals surface area (Å²) in [5.41, 5.74) is 1.14. The van der Waals surface area contributed by atoms with Crippen molar-refractivity contribution in [2.24, 2.45) is 0 Å². The Labute approximate surface area is 161 Å². The summed E-state index contributed by atoms with van der Waals surface area (Å²) in [4.78, 5) is 2.57. The van der Waals surface area contributed by atoms with Gasteiger partial charge >= 0.3 is 0 Å². The summed E-state index contributed by atoms with van der Waals surface area (Å²) < 4.78 is 29.2. The van der Waals surface area contributed by atoms with Crippen LogP contribution in [0.4, 0.5) is 0 Å². The fourth-order valence-corrected chi connectivity index (χ4v) is 4.65. The van der Waals surface area contributed by atoms with E-state index in [2.05, 4.69) is 41.2 Å². The highest BCUT2D eigenvalue weighted by Crippen LogP contribution is 2.21. The summed E-state index contributed by atoms with van der Waals surface area (Å²) in [6.07, 6.45) is 0.972. The van der Waals surface area contributed by atoms with E-state index in [1.54, 1.807) is 16.4 Å². The Hall–Kier alpha value is -1.84. The number of tetrazole rings is 1. The molecule has 3 rings (SSSR count). The molecule has 1 saturated heterocycles. The maximum atomic E-state index is 12.9. The molecule has 1 aliphatic rings. The molecule has 148 valence electrons. The molecular weight excluding hydrogens is 364 g/mol. The van der Waals surface area contributed by atoms with Crippen LogP contribution in [-0.4, -0.2) is 64.0 Å². The normalized spacial score (nSPS) is 16.9. The molecule has 0 amide bonds. The number of hydrogen-bond donors (Lipinski definition) is 0. The third-order valence-corrected chi connectivity index (χ3v) is 6.84. The Morgan fingerprint density at radius 3 is 2.33 bits per heavy atom. The van der Waals surface area contributed by atoms with Gasteiger partial charge in [0.05, 0.1) is 11.4 Å². The Morgan fingerprint density at radius 2 is 1.74 bits per heavy atom. The Morgan fingerprint density at radius 1 is 1.07 bits per heavy atom. The number of aromatic nitrogens is 4. The molecule has 0 aliphatic carbocycles. The molecule has 0 radical (unpaired) electrons. The first kappa shape index (κ1) is 19.9. The van der Waals surface area contributed by atoms with E-state index in [-0.39, 0.29) is 0 Å². The maximum Gasteiger partial charge on any atom is 0.243 e. The van der Waals surface area contributed by atoms with Crippen molar-refractivity contribution in [1.82, 2.24) is 29.4 Å². The molecule has 1 fully saturated rings. The molecule has 0 saturated carbocycles. The van der Waals surface area contributed by atoms with Crippen molar-refractivity contribution in [2.75, 3.05) is 26.2 Å². The lowest BCUT2D eigenvalue weighted by Crippen LogP contribution is -2.48. The molecule has 0 N–H and O–H groups in total. The summed E-state index contributed by atoms with van der Waals surface area (Å²) in [5, 5.41) is 11.9. The van der Waals surface area contributed by atoms with E-state index in [4.69, 9.17) is 0 Å². The van der Waals surface area contributed by atoms with Crippen LogP contribution in [0.3, 0.4) is 0 Å². The minimum absolute atomic E-state index is 0.368. The number of aryl methyl sites for hydroxylation is 1. The molecule has 9 heteroatoms. The number of hydrogen-bond acceptors (Lipinski definition) is 6. The third-order valence-electron chi connectivity index (χ3n) is 4.92. The van der Waals surface area contributed by atoms with Gasteiger partial charge in [-0.2, -0.15) is 4.31 Å². The SMILES string of the molecule is CCCn1nnnc1CN1CCN(S(=O)(=O)c2ccc(C(C)C)cc2)CC1. The lowest BCUT2D eigenvalue weighted by atomic mass is 10.0. The molecule has 1 aliphatic heterocycles. The zero-order valence-electron chi connectivity index (χ0n) is 16.2. The molecule has 0 bridgehead atoms. The number of sulfonamides is 1. The molecule has 8 nitrogen and oxygen atoms in total. The standard InChI is InChI=1S/C18H28N6O2S/c1-4-9-24-18(19-20-21-24)14-22-10-12-23(13-11-22)27(25,26)17-7-5-16(6-8-17)15(2)3/h5-8,15H,4,9-14H2,1-3H3. The van der Waals surface area contributed by atoms with Crippen LogP contribution in [0.25, 0.3) is 0 Å². The second kappa shape index (κ2) is 8.45. The van der Waals surface area contributed by atoms with E-state index < -0.39 is 10.0 Å². The quantitative estimate of drug-likeness (QED) is 0.713. The van der Waals surface area contributed by atoms with Gasteiger partial charge in [-0.3, -0.25) is 4.90 Å². The lowest BCUT2D eigenvalue weighted by molar-refractivity contribution is 0.175. The summed E-state index contributed by atoms with van der Waals surface area (Å²) >= 11 is 0. The van der Waals surface area contributed by atoms with Crippen LogP contribution in [0.1, 0.15) is 44.5 Å². The molecule has 27 heavy (non-hydrogen) atoms. The zero-order valence-corrected chi connectivity index (χ0v) is 17.1. The van der Waals surface area contributed by atoms with Crippen LogP contribution < -0.4 is 0 Å². The van der Waals surface area contributed by atoms with Gasteiger partial charge < -0.3 is 0 Å².